The minimum absolute atomic E-state index is 0.0773. The SMILES string of the molecule is CCCCOc1ccc(N2C(=O)[C@@H]3C(c4ccc([N+](=O)[O-])cc4)=NO[C@@H]3C2=O)cc1. The van der Waals surface area contributed by atoms with Crippen molar-refractivity contribution in [3.8, 4) is 5.75 Å². The van der Waals surface area contributed by atoms with Crippen molar-refractivity contribution in [3.05, 3.63) is 64.2 Å². The van der Waals surface area contributed by atoms with Crippen LogP contribution in [-0.4, -0.2) is 35.2 Å². The number of imide groups is 1. The van der Waals surface area contributed by atoms with Crippen LogP contribution in [0.15, 0.2) is 53.7 Å². The number of benzene rings is 2. The summed E-state index contributed by atoms with van der Waals surface area (Å²) in [5.74, 6) is -1.17. The molecule has 2 aliphatic rings. The number of carbonyl (C=O) groups excluding carboxylic acids is 2. The van der Waals surface area contributed by atoms with Gasteiger partial charge in [0.15, 0.2) is 0 Å². The van der Waals surface area contributed by atoms with Crippen LogP contribution in [0.4, 0.5) is 11.4 Å². The highest BCUT2D eigenvalue weighted by Crippen LogP contribution is 2.35. The number of anilines is 1. The molecule has 0 aliphatic carbocycles. The summed E-state index contributed by atoms with van der Waals surface area (Å²) >= 11 is 0. The normalized spacial score (nSPS) is 20.0. The van der Waals surface area contributed by atoms with Gasteiger partial charge in [0.05, 0.1) is 17.2 Å². The lowest BCUT2D eigenvalue weighted by Crippen LogP contribution is -2.33. The minimum Gasteiger partial charge on any atom is -0.494 e. The summed E-state index contributed by atoms with van der Waals surface area (Å²) in [4.78, 5) is 42.5. The molecule has 2 aromatic carbocycles. The number of carbonyl (C=O) groups is 2. The fourth-order valence-corrected chi connectivity index (χ4v) is 3.45. The molecule has 2 heterocycles. The van der Waals surface area contributed by atoms with Crippen LogP contribution in [-0.2, 0) is 14.4 Å². The molecule has 2 aliphatic heterocycles. The molecule has 0 aromatic heterocycles. The number of fused-ring (bicyclic) bond motifs is 1. The number of nitro benzene ring substituents is 1. The van der Waals surface area contributed by atoms with E-state index < -0.39 is 28.8 Å². The van der Waals surface area contributed by atoms with E-state index in [2.05, 4.69) is 12.1 Å². The Labute approximate surface area is 172 Å². The maximum atomic E-state index is 13.1. The van der Waals surface area contributed by atoms with Gasteiger partial charge in [-0.25, -0.2) is 4.90 Å². The first kappa shape index (κ1) is 19.6. The molecule has 1 fully saturated rings. The van der Waals surface area contributed by atoms with Gasteiger partial charge in [-0.2, -0.15) is 0 Å². The molecule has 30 heavy (non-hydrogen) atoms. The highest BCUT2D eigenvalue weighted by molar-refractivity contribution is 6.32. The third kappa shape index (κ3) is 3.38. The Kier molecular flexibility index (Phi) is 5.18. The smallest absolute Gasteiger partial charge is 0.278 e. The zero-order valence-electron chi connectivity index (χ0n) is 16.2. The Morgan fingerprint density at radius 2 is 1.80 bits per heavy atom. The predicted octanol–water partition coefficient (Wildman–Crippen LogP) is 3.07. The van der Waals surface area contributed by atoms with E-state index in [1.165, 1.54) is 24.3 Å². The van der Waals surface area contributed by atoms with E-state index in [1.54, 1.807) is 24.3 Å². The van der Waals surface area contributed by atoms with E-state index in [9.17, 15) is 19.7 Å². The summed E-state index contributed by atoms with van der Waals surface area (Å²) in [6, 6.07) is 12.4. The Bertz CT molecular complexity index is 1020. The number of oxime groups is 1. The number of unbranched alkanes of at least 4 members (excludes halogenated alkanes) is 1. The topological polar surface area (TPSA) is 111 Å². The number of non-ortho nitro benzene ring substituents is 1. The molecule has 2 atom stereocenters. The largest absolute Gasteiger partial charge is 0.494 e. The van der Waals surface area contributed by atoms with Gasteiger partial charge in [-0.3, -0.25) is 19.7 Å². The van der Waals surface area contributed by atoms with Gasteiger partial charge in [-0.15, -0.1) is 0 Å². The van der Waals surface area contributed by atoms with Crippen LogP contribution in [0.1, 0.15) is 25.3 Å². The molecule has 154 valence electrons. The number of amides is 2. The lowest BCUT2D eigenvalue weighted by molar-refractivity contribution is -0.384. The molecule has 0 bridgehead atoms. The van der Waals surface area contributed by atoms with Crippen LogP contribution in [0, 0.1) is 16.0 Å². The summed E-state index contributed by atoms with van der Waals surface area (Å²) in [5, 5.41) is 14.8. The second-order valence-electron chi connectivity index (χ2n) is 6.99. The first-order valence-corrected chi connectivity index (χ1v) is 9.60. The maximum absolute atomic E-state index is 13.1. The van der Waals surface area contributed by atoms with E-state index in [0.717, 1.165) is 17.7 Å². The highest BCUT2D eigenvalue weighted by Gasteiger charge is 2.56. The van der Waals surface area contributed by atoms with Gasteiger partial charge in [0.2, 0.25) is 12.0 Å². The predicted molar refractivity (Wildman–Crippen MR) is 107 cm³/mol. The van der Waals surface area contributed by atoms with Crippen molar-refractivity contribution in [3.63, 3.8) is 0 Å². The molecular weight excluding hydrogens is 390 g/mol. The average molecular weight is 409 g/mol. The lowest BCUT2D eigenvalue weighted by atomic mass is 9.94. The van der Waals surface area contributed by atoms with Crippen molar-refractivity contribution in [1.29, 1.82) is 0 Å². The molecule has 0 N–H and O–H groups in total. The third-order valence-corrected chi connectivity index (χ3v) is 5.05. The molecule has 0 saturated carbocycles. The second kappa shape index (κ2) is 7.94. The Morgan fingerprint density at radius 1 is 1.10 bits per heavy atom. The molecule has 2 amide bonds. The van der Waals surface area contributed by atoms with Gasteiger partial charge in [0, 0.05) is 17.7 Å². The maximum Gasteiger partial charge on any atom is 0.278 e. The van der Waals surface area contributed by atoms with Gasteiger partial charge < -0.3 is 9.57 Å². The van der Waals surface area contributed by atoms with Gasteiger partial charge >= 0.3 is 0 Å². The zero-order valence-corrected chi connectivity index (χ0v) is 16.2. The van der Waals surface area contributed by atoms with Crippen LogP contribution < -0.4 is 9.64 Å². The van der Waals surface area contributed by atoms with E-state index >= 15 is 0 Å². The number of hydrogen-bond donors (Lipinski definition) is 0. The summed E-state index contributed by atoms with van der Waals surface area (Å²) in [6.45, 7) is 2.68. The second-order valence-corrected chi connectivity index (χ2v) is 6.99. The van der Waals surface area contributed by atoms with Crippen LogP contribution >= 0.6 is 0 Å². The van der Waals surface area contributed by atoms with Crippen LogP contribution in [0.2, 0.25) is 0 Å². The molecule has 9 heteroatoms. The van der Waals surface area contributed by atoms with Crippen molar-refractivity contribution >= 4 is 28.9 Å². The Hall–Kier alpha value is -3.75. The first-order valence-electron chi connectivity index (χ1n) is 9.60. The van der Waals surface area contributed by atoms with Crippen LogP contribution in [0.3, 0.4) is 0 Å². The van der Waals surface area contributed by atoms with E-state index in [0.29, 0.717) is 23.6 Å². The van der Waals surface area contributed by atoms with Crippen molar-refractivity contribution in [2.24, 2.45) is 11.1 Å². The standard InChI is InChI=1S/C21H19N3O6/c1-2-3-12-29-16-10-8-14(9-11-16)23-20(25)17-18(22-30-19(17)21(23)26)13-4-6-15(7-5-13)24(27)28/h4-11,17,19H,2-3,12H2,1H3/t17-,19+/m1/s1. The fraction of sp³-hybridized carbons (Fsp3) is 0.286. The Morgan fingerprint density at radius 3 is 2.43 bits per heavy atom. The minimum atomic E-state index is -1.04. The number of ether oxygens (including phenoxy) is 1. The monoisotopic (exact) mass is 409 g/mol. The van der Waals surface area contributed by atoms with Gasteiger partial charge in [0.25, 0.3) is 11.6 Å². The summed E-state index contributed by atoms with van der Waals surface area (Å²) in [7, 11) is 0. The van der Waals surface area contributed by atoms with Crippen molar-refractivity contribution in [2.75, 3.05) is 11.5 Å². The highest BCUT2D eigenvalue weighted by atomic mass is 16.7. The third-order valence-electron chi connectivity index (χ3n) is 5.05. The Balaban J connectivity index is 1.54. The number of hydrogen-bond acceptors (Lipinski definition) is 7. The molecule has 0 radical (unpaired) electrons. The van der Waals surface area contributed by atoms with E-state index in [-0.39, 0.29) is 11.4 Å². The molecule has 9 nitrogen and oxygen atoms in total. The van der Waals surface area contributed by atoms with Gasteiger partial charge in [-0.05, 0) is 42.8 Å². The van der Waals surface area contributed by atoms with Gasteiger partial charge in [0.1, 0.15) is 17.4 Å². The summed E-state index contributed by atoms with van der Waals surface area (Å²) in [6.07, 6.45) is 0.926. The van der Waals surface area contributed by atoms with Crippen molar-refractivity contribution in [1.82, 2.24) is 0 Å². The van der Waals surface area contributed by atoms with Gasteiger partial charge in [-0.1, -0.05) is 18.5 Å². The first-order chi connectivity index (χ1) is 14.5. The number of rotatable bonds is 7. The summed E-state index contributed by atoms with van der Waals surface area (Å²) < 4.78 is 5.61. The summed E-state index contributed by atoms with van der Waals surface area (Å²) in [5.41, 5.74) is 1.13. The lowest BCUT2D eigenvalue weighted by Gasteiger charge is -2.16. The molecule has 1 saturated heterocycles. The van der Waals surface area contributed by atoms with Crippen LogP contribution in [0.25, 0.3) is 0 Å². The number of nitrogens with zero attached hydrogens (tertiary/aromatic N) is 3. The molecule has 4 rings (SSSR count). The van der Waals surface area contributed by atoms with Crippen molar-refractivity contribution < 1.29 is 24.1 Å². The fourth-order valence-electron chi connectivity index (χ4n) is 3.45. The molecule has 0 spiro atoms. The number of nitro groups is 1. The van der Waals surface area contributed by atoms with Crippen LogP contribution in [0.5, 0.6) is 5.75 Å². The zero-order chi connectivity index (χ0) is 21.3. The quantitative estimate of drug-likeness (QED) is 0.301. The molecule has 0 unspecified atom stereocenters. The van der Waals surface area contributed by atoms with Crippen molar-refractivity contribution in [2.45, 2.75) is 25.9 Å². The molecule has 2 aromatic rings. The van der Waals surface area contributed by atoms with E-state index in [4.69, 9.17) is 9.57 Å². The average Bonchev–Trinajstić information content (AvgIpc) is 3.29. The molecular formula is C21H19N3O6. The van der Waals surface area contributed by atoms with E-state index in [1.807, 2.05) is 0 Å².